The molecule has 1 aromatic heterocycles. The van der Waals surface area contributed by atoms with Crippen molar-refractivity contribution >= 4 is 39.1 Å². The topological polar surface area (TPSA) is 75.5 Å². The highest BCUT2D eigenvalue weighted by atomic mass is 32.1. The van der Waals surface area contributed by atoms with Gasteiger partial charge in [-0.1, -0.05) is 24.3 Å². The standard InChI is InChI=1S/C21H22N4O2S/c1-25(13-20-24-17-8-4-5-9-18(17)28-20)12-19(26)23-16-7-3-2-6-15(16)21(27)22-14-10-11-14/h2-9,14H,10-13H2,1H3,(H,22,27)(H,23,26)/p+1. The smallest absolute Gasteiger partial charge is 0.279 e. The number of thiazole rings is 1. The van der Waals surface area contributed by atoms with Gasteiger partial charge in [0, 0.05) is 6.04 Å². The van der Waals surface area contributed by atoms with E-state index in [2.05, 4.69) is 21.7 Å². The molecule has 0 aliphatic heterocycles. The number of carbonyl (C=O) groups is 2. The van der Waals surface area contributed by atoms with Gasteiger partial charge in [-0.25, -0.2) is 4.98 Å². The number of hydrogen-bond donors (Lipinski definition) is 3. The lowest BCUT2D eigenvalue weighted by atomic mass is 10.1. The Balaban J connectivity index is 1.36. The molecule has 1 unspecified atom stereocenters. The number of nitrogens with zero attached hydrogens (tertiary/aromatic N) is 1. The van der Waals surface area contributed by atoms with Gasteiger partial charge >= 0.3 is 0 Å². The molecule has 4 rings (SSSR count). The molecule has 7 heteroatoms. The number of carbonyl (C=O) groups excluding carboxylic acids is 2. The van der Waals surface area contributed by atoms with Gasteiger partial charge in [0.1, 0.15) is 11.6 Å². The van der Waals surface area contributed by atoms with Crippen molar-refractivity contribution in [2.45, 2.75) is 25.4 Å². The van der Waals surface area contributed by atoms with Crippen LogP contribution < -0.4 is 15.5 Å². The average Bonchev–Trinajstić information content (AvgIpc) is 3.38. The number of anilines is 1. The van der Waals surface area contributed by atoms with E-state index in [1.807, 2.05) is 37.4 Å². The van der Waals surface area contributed by atoms with Gasteiger partial charge in [-0.2, -0.15) is 0 Å². The first-order valence-corrected chi connectivity index (χ1v) is 10.3. The van der Waals surface area contributed by atoms with E-state index >= 15 is 0 Å². The Morgan fingerprint density at radius 2 is 1.89 bits per heavy atom. The number of aromatic nitrogens is 1. The van der Waals surface area contributed by atoms with Gasteiger partial charge in [0.15, 0.2) is 6.54 Å². The molecule has 1 atom stereocenters. The van der Waals surface area contributed by atoms with Crippen LogP contribution in [0.5, 0.6) is 0 Å². The highest BCUT2D eigenvalue weighted by Crippen LogP contribution is 2.22. The largest absolute Gasteiger partial charge is 0.349 e. The predicted molar refractivity (Wildman–Crippen MR) is 111 cm³/mol. The first-order valence-electron chi connectivity index (χ1n) is 9.44. The maximum absolute atomic E-state index is 12.5. The molecule has 0 spiro atoms. The minimum absolute atomic E-state index is 0.120. The van der Waals surface area contributed by atoms with Crippen LogP contribution in [0.4, 0.5) is 5.69 Å². The van der Waals surface area contributed by atoms with Crippen LogP contribution in [-0.4, -0.2) is 36.4 Å². The molecule has 28 heavy (non-hydrogen) atoms. The van der Waals surface area contributed by atoms with Crippen LogP contribution in [0.2, 0.25) is 0 Å². The van der Waals surface area contributed by atoms with E-state index in [0.717, 1.165) is 33.0 Å². The number of rotatable bonds is 7. The van der Waals surface area contributed by atoms with Crippen LogP contribution in [0.1, 0.15) is 28.2 Å². The van der Waals surface area contributed by atoms with Gasteiger partial charge in [-0.3, -0.25) is 9.59 Å². The van der Waals surface area contributed by atoms with Crippen molar-refractivity contribution in [2.75, 3.05) is 18.9 Å². The lowest BCUT2D eigenvalue weighted by Gasteiger charge is -2.14. The number of quaternary nitrogens is 1. The summed E-state index contributed by atoms with van der Waals surface area (Å²) in [5, 5.41) is 6.87. The van der Waals surface area contributed by atoms with Crippen molar-refractivity contribution in [3.8, 4) is 0 Å². The second-order valence-corrected chi connectivity index (χ2v) is 8.34. The third kappa shape index (κ3) is 4.55. The lowest BCUT2D eigenvalue weighted by Crippen LogP contribution is -3.08. The second kappa shape index (κ2) is 8.08. The Bertz CT molecular complexity index is 979. The van der Waals surface area contributed by atoms with Crippen molar-refractivity contribution < 1.29 is 14.5 Å². The van der Waals surface area contributed by atoms with E-state index in [9.17, 15) is 9.59 Å². The zero-order chi connectivity index (χ0) is 19.5. The zero-order valence-electron chi connectivity index (χ0n) is 15.7. The quantitative estimate of drug-likeness (QED) is 0.571. The number of nitrogens with one attached hydrogen (secondary N) is 3. The van der Waals surface area contributed by atoms with Crippen LogP contribution in [0.25, 0.3) is 10.2 Å². The molecular weight excluding hydrogens is 372 g/mol. The Morgan fingerprint density at radius 1 is 1.14 bits per heavy atom. The Morgan fingerprint density at radius 3 is 2.68 bits per heavy atom. The van der Waals surface area contributed by atoms with Crippen LogP contribution in [0.3, 0.4) is 0 Å². The molecule has 144 valence electrons. The van der Waals surface area contributed by atoms with E-state index in [1.54, 1.807) is 23.5 Å². The van der Waals surface area contributed by atoms with Gasteiger partial charge in [0.2, 0.25) is 0 Å². The second-order valence-electron chi connectivity index (χ2n) is 7.23. The summed E-state index contributed by atoms with van der Waals surface area (Å²) in [7, 11) is 1.97. The van der Waals surface area contributed by atoms with Crippen LogP contribution in [-0.2, 0) is 11.3 Å². The monoisotopic (exact) mass is 395 g/mol. The summed E-state index contributed by atoms with van der Waals surface area (Å²) in [5.74, 6) is -0.251. The molecule has 1 fully saturated rings. The Kier molecular flexibility index (Phi) is 5.36. The SMILES string of the molecule is C[NH+](CC(=O)Nc1ccccc1C(=O)NC1CC1)Cc1nc2ccccc2s1. The van der Waals surface area contributed by atoms with Crippen molar-refractivity contribution in [1.82, 2.24) is 10.3 Å². The molecule has 2 amide bonds. The van der Waals surface area contributed by atoms with Gasteiger partial charge in [0.25, 0.3) is 11.8 Å². The Labute approximate surface area is 167 Å². The summed E-state index contributed by atoms with van der Waals surface area (Å²) in [6.45, 7) is 0.977. The van der Waals surface area contributed by atoms with Crippen LogP contribution in [0, 0.1) is 0 Å². The highest BCUT2D eigenvalue weighted by molar-refractivity contribution is 7.18. The number of para-hydroxylation sites is 2. The zero-order valence-corrected chi connectivity index (χ0v) is 16.5. The molecule has 1 aliphatic rings. The fraction of sp³-hybridized carbons (Fsp3) is 0.286. The molecule has 1 heterocycles. The number of hydrogen-bond acceptors (Lipinski definition) is 4. The van der Waals surface area contributed by atoms with Crippen molar-refractivity contribution in [2.24, 2.45) is 0 Å². The molecular formula is C21H23N4O2S+. The Hall–Kier alpha value is -2.77. The molecule has 3 aromatic rings. The molecule has 0 bridgehead atoms. The molecule has 1 saturated carbocycles. The van der Waals surface area contributed by atoms with E-state index in [0.29, 0.717) is 24.3 Å². The van der Waals surface area contributed by atoms with Gasteiger partial charge in [0.05, 0.1) is 28.5 Å². The summed E-state index contributed by atoms with van der Waals surface area (Å²) in [4.78, 5) is 30.6. The predicted octanol–water partition coefficient (Wildman–Crippen LogP) is 1.84. The van der Waals surface area contributed by atoms with Gasteiger partial charge in [-0.15, -0.1) is 11.3 Å². The van der Waals surface area contributed by atoms with Crippen LogP contribution >= 0.6 is 11.3 Å². The molecule has 0 radical (unpaired) electrons. The fourth-order valence-corrected chi connectivity index (χ4v) is 4.15. The van der Waals surface area contributed by atoms with Crippen molar-refractivity contribution in [3.63, 3.8) is 0 Å². The minimum atomic E-state index is -0.131. The molecule has 1 aliphatic carbocycles. The number of benzene rings is 2. The molecule has 6 nitrogen and oxygen atoms in total. The van der Waals surface area contributed by atoms with Crippen LogP contribution in [0.15, 0.2) is 48.5 Å². The highest BCUT2D eigenvalue weighted by Gasteiger charge is 2.25. The van der Waals surface area contributed by atoms with E-state index in [-0.39, 0.29) is 17.9 Å². The third-order valence-electron chi connectivity index (χ3n) is 4.61. The molecule has 3 N–H and O–H groups in total. The summed E-state index contributed by atoms with van der Waals surface area (Å²) >= 11 is 1.66. The average molecular weight is 396 g/mol. The maximum Gasteiger partial charge on any atom is 0.279 e. The molecule has 0 saturated heterocycles. The summed E-state index contributed by atoms with van der Waals surface area (Å²) in [5.41, 5.74) is 2.06. The summed E-state index contributed by atoms with van der Waals surface area (Å²) in [6, 6.07) is 15.5. The van der Waals surface area contributed by atoms with Crippen molar-refractivity contribution in [1.29, 1.82) is 0 Å². The van der Waals surface area contributed by atoms with Crippen molar-refractivity contribution in [3.05, 3.63) is 59.1 Å². The molecule has 2 aromatic carbocycles. The minimum Gasteiger partial charge on any atom is -0.349 e. The van der Waals surface area contributed by atoms with Gasteiger partial charge < -0.3 is 15.5 Å². The number of fused-ring (bicyclic) bond motifs is 1. The third-order valence-corrected chi connectivity index (χ3v) is 5.65. The van der Waals surface area contributed by atoms with E-state index < -0.39 is 0 Å². The number of likely N-dealkylation sites (N-methyl/N-ethyl adjacent to an activating group) is 1. The first-order chi connectivity index (χ1) is 13.6. The first kappa shape index (κ1) is 18.6. The lowest BCUT2D eigenvalue weighted by molar-refractivity contribution is -0.885. The van der Waals surface area contributed by atoms with Gasteiger partial charge in [-0.05, 0) is 37.1 Å². The summed E-state index contributed by atoms with van der Waals surface area (Å²) < 4.78 is 1.16. The van der Waals surface area contributed by atoms with E-state index in [1.165, 1.54) is 0 Å². The normalized spacial score (nSPS) is 14.6. The summed E-state index contributed by atoms with van der Waals surface area (Å²) in [6.07, 6.45) is 2.06. The van der Waals surface area contributed by atoms with E-state index in [4.69, 9.17) is 0 Å². The fourth-order valence-electron chi connectivity index (χ4n) is 3.07. The number of amides is 2. The maximum atomic E-state index is 12.5.